The number of hydrogen-bond acceptors (Lipinski definition) is 5. The van der Waals surface area contributed by atoms with Gasteiger partial charge in [0.15, 0.2) is 0 Å². The van der Waals surface area contributed by atoms with Crippen molar-refractivity contribution in [3.8, 4) is 5.75 Å². The lowest BCUT2D eigenvalue weighted by molar-refractivity contribution is 0.330. The number of benzene rings is 1. The molecule has 0 spiro atoms. The highest BCUT2D eigenvalue weighted by Crippen LogP contribution is 2.26. The Balaban J connectivity index is 1.60. The summed E-state index contributed by atoms with van der Waals surface area (Å²) in [6.07, 6.45) is 5.54. The van der Waals surface area contributed by atoms with E-state index in [-0.39, 0.29) is 4.90 Å². The summed E-state index contributed by atoms with van der Waals surface area (Å²) in [7, 11) is -3.60. The quantitative estimate of drug-likeness (QED) is 0.788. The van der Waals surface area contributed by atoms with E-state index in [4.69, 9.17) is 4.74 Å². The predicted molar refractivity (Wildman–Crippen MR) is 107 cm³/mol. The third-order valence-electron chi connectivity index (χ3n) is 4.88. The van der Waals surface area contributed by atoms with Crippen molar-refractivity contribution in [1.82, 2.24) is 9.71 Å². The van der Waals surface area contributed by atoms with E-state index >= 15 is 0 Å². The molecule has 1 aromatic carbocycles. The van der Waals surface area contributed by atoms with Gasteiger partial charge < -0.3 is 9.64 Å². The minimum Gasteiger partial charge on any atom is -0.492 e. The first-order valence-electron chi connectivity index (χ1n) is 9.37. The number of ether oxygens (including phenoxy) is 1. The lowest BCUT2D eigenvalue weighted by atomic mass is 9.97. The Morgan fingerprint density at radius 1 is 1.26 bits per heavy atom. The molecule has 1 aliphatic rings. The van der Waals surface area contributed by atoms with Gasteiger partial charge in [-0.1, -0.05) is 6.07 Å². The minimum absolute atomic E-state index is 0.220. The normalized spacial score (nSPS) is 15.7. The molecule has 6 nitrogen and oxygen atoms in total. The second-order valence-corrected chi connectivity index (χ2v) is 8.61. The van der Waals surface area contributed by atoms with Crippen molar-refractivity contribution in [2.45, 2.75) is 31.6 Å². The van der Waals surface area contributed by atoms with Crippen LogP contribution in [0.4, 0.5) is 5.69 Å². The first-order chi connectivity index (χ1) is 13.0. The number of piperidine rings is 1. The monoisotopic (exact) mass is 389 g/mol. The standard InChI is InChI=1S/C20H27N3O3S/c1-3-26-19-7-6-16(2)13-20(19)27(24,25)22-14-17-8-11-23(12-9-17)18-5-4-10-21-15-18/h4-7,10,13,15,17,22H,3,8-9,11-12,14H2,1-2H3. The highest BCUT2D eigenvalue weighted by atomic mass is 32.2. The fraction of sp³-hybridized carbons (Fsp3) is 0.450. The molecule has 7 heteroatoms. The number of aryl methyl sites for hydroxylation is 1. The molecule has 1 N–H and O–H groups in total. The van der Waals surface area contributed by atoms with E-state index < -0.39 is 10.0 Å². The summed E-state index contributed by atoms with van der Waals surface area (Å²) in [6.45, 7) is 6.42. The summed E-state index contributed by atoms with van der Waals surface area (Å²) in [5, 5.41) is 0. The number of aromatic nitrogens is 1. The van der Waals surface area contributed by atoms with E-state index in [1.165, 1.54) is 0 Å². The zero-order valence-electron chi connectivity index (χ0n) is 15.9. The summed E-state index contributed by atoms with van der Waals surface area (Å²) in [6, 6.07) is 9.24. The second kappa shape index (κ2) is 8.71. The van der Waals surface area contributed by atoms with Crippen LogP contribution in [0.25, 0.3) is 0 Å². The third kappa shape index (κ3) is 4.99. The van der Waals surface area contributed by atoms with Gasteiger partial charge >= 0.3 is 0 Å². The van der Waals surface area contributed by atoms with E-state index in [2.05, 4.69) is 20.7 Å². The average Bonchev–Trinajstić information content (AvgIpc) is 2.69. The highest BCUT2D eigenvalue weighted by Gasteiger charge is 2.24. The van der Waals surface area contributed by atoms with Crippen LogP contribution in [0.2, 0.25) is 0 Å². The summed E-state index contributed by atoms with van der Waals surface area (Å²) < 4.78 is 33.9. The summed E-state index contributed by atoms with van der Waals surface area (Å²) >= 11 is 0. The Morgan fingerprint density at radius 2 is 2.04 bits per heavy atom. The van der Waals surface area contributed by atoms with E-state index in [9.17, 15) is 8.42 Å². The molecule has 2 aromatic rings. The maximum atomic E-state index is 12.8. The third-order valence-corrected chi connectivity index (χ3v) is 6.32. The topological polar surface area (TPSA) is 71.5 Å². The Labute approximate surface area is 161 Å². The fourth-order valence-electron chi connectivity index (χ4n) is 3.34. The SMILES string of the molecule is CCOc1ccc(C)cc1S(=O)(=O)NCC1CCN(c2cccnc2)CC1. The summed E-state index contributed by atoms with van der Waals surface area (Å²) in [4.78, 5) is 6.68. The Morgan fingerprint density at radius 3 is 2.70 bits per heavy atom. The van der Waals surface area contributed by atoms with Crippen LogP contribution >= 0.6 is 0 Å². The number of sulfonamides is 1. The molecule has 0 aliphatic carbocycles. The molecule has 1 aliphatic heterocycles. The lowest BCUT2D eigenvalue weighted by Gasteiger charge is -2.33. The van der Waals surface area contributed by atoms with Crippen LogP contribution in [-0.2, 0) is 10.0 Å². The van der Waals surface area contributed by atoms with Crippen molar-refractivity contribution in [1.29, 1.82) is 0 Å². The van der Waals surface area contributed by atoms with Gasteiger partial charge in [-0.3, -0.25) is 4.98 Å². The number of rotatable bonds is 7. The smallest absolute Gasteiger partial charge is 0.244 e. The number of pyridine rings is 1. The molecule has 146 valence electrons. The fourth-order valence-corrected chi connectivity index (χ4v) is 4.68. The van der Waals surface area contributed by atoms with Crippen LogP contribution in [0, 0.1) is 12.8 Å². The molecule has 1 fully saturated rings. The first kappa shape index (κ1) is 19.6. The molecule has 0 amide bonds. The van der Waals surface area contributed by atoms with Crippen molar-refractivity contribution in [2.75, 3.05) is 31.1 Å². The van der Waals surface area contributed by atoms with Gasteiger partial charge in [-0.2, -0.15) is 0 Å². The predicted octanol–water partition coefficient (Wildman–Crippen LogP) is 2.98. The molecule has 3 rings (SSSR count). The van der Waals surface area contributed by atoms with Crippen LogP contribution in [0.1, 0.15) is 25.3 Å². The number of anilines is 1. The largest absolute Gasteiger partial charge is 0.492 e. The zero-order chi connectivity index (χ0) is 19.3. The molecule has 0 bridgehead atoms. The number of nitrogens with zero attached hydrogens (tertiary/aromatic N) is 2. The molecule has 0 unspecified atom stereocenters. The summed E-state index contributed by atoms with van der Waals surface area (Å²) in [5.74, 6) is 0.732. The van der Waals surface area contributed by atoms with Crippen molar-refractivity contribution in [2.24, 2.45) is 5.92 Å². The molecular weight excluding hydrogens is 362 g/mol. The van der Waals surface area contributed by atoms with Gasteiger partial charge in [0.05, 0.1) is 18.5 Å². The summed E-state index contributed by atoms with van der Waals surface area (Å²) in [5.41, 5.74) is 2.02. The van der Waals surface area contributed by atoms with Crippen molar-refractivity contribution in [3.63, 3.8) is 0 Å². The van der Waals surface area contributed by atoms with Crippen LogP contribution in [0.5, 0.6) is 5.75 Å². The lowest BCUT2D eigenvalue weighted by Crippen LogP contribution is -2.38. The van der Waals surface area contributed by atoms with Crippen LogP contribution < -0.4 is 14.4 Å². The first-order valence-corrected chi connectivity index (χ1v) is 10.9. The maximum absolute atomic E-state index is 12.8. The Bertz CT molecular complexity index is 848. The second-order valence-electron chi connectivity index (χ2n) is 6.88. The molecule has 1 aromatic heterocycles. The molecule has 2 heterocycles. The van der Waals surface area contributed by atoms with Gasteiger partial charge in [-0.25, -0.2) is 13.1 Å². The van der Waals surface area contributed by atoms with Crippen molar-refractivity contribution < 1.29 is 13.2 Å². The molecule has 1 saturated heterocycles. The Kier molecular flexibility index (Phi) is 6.34. The molecule has 27 heavy (non-hydrogen) atoms. The van der Waals surface area contributed by atoms with E-state index in [1.807, 2.05) is 32.2 Å². The van der Waals surface area contributed by atoms with Gasteiger partial charge in [0.2, 0.25) is 10.0 Å². The molecule has 0 saturated carbocycles. The van der Waals surface area contributed by atoms with Crippen LogP contribution in [0.15, 0.2) is 47.6 Å². The van der Waals surface area contributed by atoms with Gasteiger partial charge in [0.1, 0.15) is 10.6 Å². The molecule has 0 atom stereocenters. The zero-order valence-corrected chi connectivity index (χ0v) is 16.7. The van der Waals surface area contributed by atoms with E-state index in [0.29, 0.717) is 24.8 Å². The minimum atomic E-state index is -3.60. The Hall–Kier alpha value is -2.12. The van der Waals surface area contributed by atoms with Crippen LogP contribution in [-0.4, -0.2) is 39.6 Å². The number of hydrogen-bond donors (Lipinski definition) is 1. The highest BCUT2D eigenvalue weighted by molar-refractivity contribution is 7.89. The van der Waals surface area contributed by atoms with Crippen molar-refractivity contribution >= 4 is 15.7 Å². The van der Waals surface area contributed by atoms with E-state index in [0.717, 1.165) is 37.2 Å². The molecule has 0 radical (unpaired) electrons. The maximum Gasteiger partial charge on any atom is 0.244 e. The average molecular weight is 390 g/mol. The van der Waals surface area contributed by atoms with Gasteiger partial charge in [-0.05, 0) is 62.4 Å². The van der Waals surface area contributed by atoms with E-state index in [1.54, 1.807) is 18.3 Å². The van der Waals surface area contributed by atoms with Crippen LogP contribution in [0.3, 0.4) is 0 Å². The van der Waals surface area contributed by atoms with Gasteiger partial charge in [-0.15, -0.1) is 0 Å². The van der Waals surface area contributed by atoms with Gasteiger partial charge in [0.25, 0.3) is 0 Å². The number of nitrogens with one attached hydrogen (secondary N) is 1. The molecular formula is C20H27N3O3S. The van der Waals surface area contributed by atoms with Gasteiger partial charge in [0, 0.05) is 25.8 Å². The van der Waals surface area contributed by atoms with Crippen molar-refractivity contribution in [3.05, 3.63) is 48.3 Å².